The van der Waals surface area contributed by atoms with E-state index in [4.69, 9.17) is 15.6 Å². The van der Waals surface area contributed by atoms with Crippen molar-refractivity contribution in [3.63, 3.8) is 0 Å². The number of rotatable bonds is 1. The van der Waals surface area contributed by atoms with Crippen molar-refractivity contribution in [3.05, 3.63) is 42.0 Å². The Labute approximate surface area is 116 Å². The van der Waals surface area contributed by atoms with E-state index in [2.05, 4.69) is 9.97 Å². The van der Waals surface area contributed by atoms with E-state index in [-0.39, 0.29) is 0 Å². The highest BCUT2D eigenvalue weighted by Crippen LogP contribution is 2.13. The Hall–Kier alpha value is -2.91. The summed E-state index contributed by atoms with van der Waals surface area (Å²) in [6, 6.07) is 4.98. The van der Waals surface area contributed by atoms with Crippen LogP contribution in [0, 0.1) is 5.21 Å². The summed E-state index contributed by atoms with van der Waals surface area (Å²) in [4.78, 5) is 16.9. The highest BCUT2D eigenvalue weighted by molar-refractivity contribution is 5.73. The highest BCUT2D eigenvalue weighted by atomic mass is 19.4. The first-order chi connectivity index (χ1) is 9.70. The van der Waals surface area contributed by atoms with Crippen LogP contribution >= 0.6 is 0 Å². The van der Waals surface area contributed by atoms with E-state index < -0.39 is 12.1 Å². The molecule has 0 aliphatic rings. The Morgan fingerprint density at radius 3 is 2.48 bits per heavy atom. The lowest BCUT2D eigenvalue weighted by atomic mass is 10.3. The smallest absolute Gasteiger partial charge is 0.490 e. The maximum Gasteiger partial charge on any atom is 0.490 e. The van der Waals surface area contributed by atoms with Crippen LogP contribution in [0.3, 0.4) is 0 Å². The number of aromatic nitrogens is 3. The topological polar surface area (TPSA) is 116 Å². The van der Waals surface area contributed by atoms with Crippen molar-refractivity contribution < 1.29 is 27.8 Å². The molecule has 21 heavy (non-hydrogen) atoms. The lowest BCUT2D eigenvalue weighted by molar-refractivity contribution is -0.604. The second-order valence-corrected chi connectivity index (χ2v) is 3.56. The number of pyridine rings is 1. The molecule has 0 radical (unpaired) electrons. The average Bonchev–Trinajstić information content (AvgIpc) is 2.38. The van der Waals surface area contributed by atoms with E-state index in [0.717, 1.165) is 0 Å². The molecule has 2 heterocycles. The number of aliphatic carboxylic acids is 1. The third kappa shape index (κ3) is 5.30. The second kappa shape index (κ2) is 6.50. The first kappa shape index (κ1) is 16.1. The van der Waals surface area contributed by atoms with Gasteiger partial charge >= 0.3 is 12.1 Å². The van der Waals surface area contributed by atoms with Gasteiger partial charge in [0.1, 0.15) is 5.82 Å². The van der Waals surface area contributed by atoms with Gasteiger partial charge < -0.3 is 16.0 Å². The number of nitrogens with zero attached hydrogens (tertiary/aromatic N) is 3. The fraction of sp³-hybridized carbons (Fsp3) is 0.0909. The summed E-state index contributed by atoms with van der Waals surface area (Å²) in [5.74, 6) is -1.92. The Kier molecular flexibility index (Phi) is 5.00. The number of hydrogen-bond acceptors (Lipinski definition) is 5. The van der Waals surface area contributed by atoms with E-state index in [1.165, 1.54) is 12.4 Å². The molecule has 0 fully saturated rings. The number of halogens is 3. The molecule has 0 unspecified atom stereocenters. The Morgan fingerprint density at radius 1 is 1.38 bits per heavy atom. The van der Waals surface area contributed by atoms with E-state index in [1.54, 1.807) is 24.4 Å². The molecule has 3 N–H and O–H groups in total. The van der Waals surface area contributed by atoms with E-state index in [9.17, 15) is 18.4 Å². The number of carbonyl (C=O) groups is 1. The molecule has 2 aromatic heterocycles. The number of anilines is 1. The predicted octanol–water partition coefficient (Wildman–Crippen LogP) is 0.992. The van der Waals surface area contributed by atoms with Crippen molar-refractivity contribution in [2.45, 2.75) is 6.18 Å². The van der Waals surface area contributed by atoms with Crippen molar-refractivity contribution >= 4 is 11.8 Å². The third-order valence-electron chi connectivity index (χ3n) is 1.95. The van der Waals surface area contributed by atoms with E-state index >= 15 is 0 Å². The van der Waals surface area contributed by atoms with Gasteiger partial charge in [0.15, 0.2) is 18.2 Å². The van der Waals surface area contributed by atoms with Gasteiger partial charge in [0.2, 0.25) is 0 Å². The number of carboxylic acid groups (broad SMARTS) is 1. The van der Waals surface area contributed by atoms with Crippen LogP contribution in [0.25, 0.3) is 11.4 Å². The Bertz CT molecular complexity index is 591. The summed E-state index contributed by atoms with van der Waals surface area (Å²) < 4.78 is 32.4. The summed E-state index contributed by atoms with van der Waals surface area (Å²) in [6.07, 6.45) is -0.732. The van der Waals surface area contributed by atoms with Crippen LogP contribution < -0.4 is 10.5 Å². The molecule has 0 atom stereocenters. The zero-order valence-electron chi connectivity index (χ0n) is 10.3. The number of hydrogen-bond donors (Lipinski definition) is 2. The SMILES string of the molecule is Nc1ccnc(-c2ccc[n+]([O-])c2)n1.O=C(O)C(F)(F)F. The summed E-state index contributed by atoms with van der Waals surface area (Å²) in [7, 11) is 0. The maximum atomic E-state index is 11.0. The lowest BCUT2D eigenvalue weighted by Gasteiger charge is -2.00. The number of alkyl halides is 3. The fourth-order valence-electron chi connectivity index (χ4n) is 1.10. The molecule has 10 heteroatoms. The van der Waals surface area contributed by atoms with Crippen LogP contribution in [0.2, 0.25) is 0 Å². The zero-order chi connectivity index (χ0) is 16.0. The third-order valence-corrected chi connectivity index (χ3v) is 1.95. The van der Waals surface area contributed by atoms with Gasteiger partial charge in [-0.2, -0.15) is 17.9 Å². The fourth-order valence-corrected chi connectivity index (χ4v) is 1.10. The van der Waals surface area contributed by atoms with Crippen LogP contribution in [0.15, 0.2) is 36.8 Å². The molecule has 0 saturated carbocycles. The van der Waals surface area contributed by atoms with Crippen molar-refractivity contribution in [2.75, 3.05) is 5.73 Å². The van der Waals surface area contributed by atoms with Crippen LogP contribution in [-0.4, -0.2) is 27.2 Å². The Balaban J connectivity index is 0.000000270. The zero-order valence-corrected chi connectivity index (χ0v) is 10.3. The maximum absolute atomic E-state index is 11.0. The van der Waals surface area contributed by atoms with Crippen LogP contribution in [0.5, 0.6) is 0 Å². The monoisotopic (exact) mass is 302 g/mol. The van der Waals surface area contributed by atoms with Crippen LogP contribution in [0.4, 0.5) is 19.0 Å². The van der Waals surface area contributed by atoms with Crippen LogP contribution in [0.1, 0.15) is 0 Å². The molecule has 0 bridgehead atoms. The van der Waals surface area contributed by atoms with Gasteiger partial charge in [-0.1, -0.05) is 0 Å². The molecule has 0 aliphatic carbocycles. The molecule has 2 aromatic rings. The van der Waals surface area contributed by atoms with Gasteiger partial charge in [-0.05, 0) is 12.1 Å². The normalized spacial score (nSPS) is 10.4. The van der Waals surface area contributed by atoms with Crippen molar-refractivity contribution in [1.82, 2.24) is 9.97 Å². The van der Waals surface area contributed by atoms with Gasteiger partial charge in [0.05, 0.1) is 5.56 Å². The molecule has 0 aromatic carbocycles. The minimum atomic E-state index is -5.08. The first-order valence-corrected chi connectivity index (χ1v) is 5.28. The molecule has 0 saturated heterocycles. The molecule has 0 amide bonds. The molecular weight excluding hydrogens is 293 g/mol. The summed E-state index contributed by atoms with van der Waals surface area (Å²) in [5.41, 5.74) is 6.15. The number of carboxylic acids is 1. The minimum absolute atomic E-state index is 0.385. The predicted molar refractivity (Wildman–Crippen MR) is 64.5 cm³/mol. The summed E-state index contributed by atoms with van der Waals surface area (Å²) in [5, 5.41) is 18.1. The van der Waals surface area contributed by atoms with E-state index in [1.807, 2.05) is 0 Å². The van der Waals surface area contributed by atoms with Gasteiger partial charge in [0.25, 0.3) is 0 Å². The number of nitrogens with two attached hydrogens (primary N) is 1. The molecule has 0 aliphatic heterocycles. The molecule has 2 rings (SSSR count). The standard InChI is InChI=1S/C9H8N4O.C2HF3O2/c10-8-3-4-11-9(12-8)7-2-1-5-13(14)6-7;3-2(4,5)1(6)7/h1-6H,(H2,10,11,12);(H,6,7). The summed E-state index contributed by atoms with van der Waals surface area (Å²) in [6.45, 7) is 0. The first-order valence-electron chi connectivity index (χ1n) is 5.28. The van der Waals surface area contributed by atoms with Crippen molar-refractivity contribution in [2.24, 2.45) is 0 Å². The molecular formula is C11H9F3N4O3. The van der Waals surface area contributed by atoms with Gasteiger partial charge in [-0.25, -0.2) is 14.8 Å². The van der Waals surface area contributed by atoms with Gasteiger partial charge in [-0.3, -0.25) is 0 Å². The quantitative estimate of drug-likeness (QED) is 0.599. The molecule has 112 valence electrons. The van der Waals surface area contributed by atoms with E-state index in [0.29, 0.717) is 21.9 Å². The molecule has 7 nitrogen and oxygen atoms in total. The summed E-state index contributed by atoms with van der Waals surface area (Å²) >= 11 is 0. The Morgan fingerprint density at radius 2 is 2.00 bits per heavy atom. The second-order valence-electron chi connectivity index (χ2n) is 3.56. The minimum Gasteiger partial charge on any atom is -0.619 e. The molecule has 0 spiro atoms. The van der Waals surface area contributed by atoms with Gasteiger partial charge in [-0.15, -0.1) is 0 Å². The van der Waals surface area contributed by atoms with Crippen molar-refractivity contribution in [3.8, 4) is 11.4 Å². The highest BCUT2D eigenvalue weighted by Gasteiger charge is 2.38. The number of nitrogen functional groups attached to an aromatic ring is 1. The van der Waals surface area contributed by atoms with Gasteiger partial charge in [0, 0.05) is 12.3 Å². The lowest BCUT2D eigenvalue weighted by Crippen LogP contribution is -2.24. The van der Waals surface area contributed by atoms with Crippen molar-refractivity contribution in [1.29, 1.82) is 0 Å². The largest absolute Gasteiger partial charge is 0.619 e. The average molecular weight is 302 g/mol. The van der Waals surface area contributed by atoms with Crippen LogP contribution in [-0.2, 0) is 4.79 Å².